The van der Waals surface area contributed by atoms with E-state index in [-0.39, 0.29) is 10.5 Å². The number of rotatable bonds is 4. The first-order chi connectivity index (χ1) is 10.3. The van der Waals surface area contributed by atoms with Crippen molar-refractivity contribution in [2.45, 2.75) is 11.8 Å². The van der Waals surface area contributed by atoms with Crippen LogP contribution in [0.15, 0.2) is 47.4 Å². The van der Waals surface area contributed by atoms with Crippen molar-refractivity contribution in [3.8, 4) is 0 Å². The van der Waals surface area contributed by atoms with Crippen LogP contribution in [-0.2, 0) is 14.8 Å². The molecule has 0 aliphatic carbocycles. The maximum absolute atomic E-state index is 12.4. The lowest BCUT2D eigenvalue weighted by Crippen LogP contribution is -2.14. The first kappa shape index (κ1) is 16.3. The minimum absolute atomic E-state index is 0.0200. The molecule has 0 amide bonds. The van der Waals surface area contributed by atoms with Crippen LogP contribution in [0.25, 0.3) is 0 Å². The van der Waals surface area contributed by atoms with Gasteiger partial charge in [0.2, 0.25) is 0 Å². The Morgan fingerprint density at radius 2 is 1.77 bits per heavy atom. The van der Waals surface area contributed by atoms with Gasteiger partial charge in [0.1, 0.15) is 0 Å². The zero-order chi connectivity index (χ0) is 16.3. The number of nitrogens with one attached hydrogen (secondary N) is 1. The van der Waals surface area contributed by atoms with Gasteiger partial charge < -0.3 is 4.74 Å². The maximum Gasteiger partial charge on any atom is 0.338 e. The lowest BCUT2D eigenvalue weighted by Gasteiger charge is -2.10. The molecule has 116 valence electrons. The molecule has 0 saturated heterocycles. The van der Waals surface area contributed by atoms with E-state index in [0.29, 0.717) is 16.3 Å². The maximum atomic E-state index is 12.4. The van der Waals surface area contributed by atoms with Crippen molar-refractivity contribution >= 4 is 33.3 Å². The van der Waals surface area contributed by atoms with Gasteiger partial charge in [-0.15, -0.1) is 0 Å². The third-order valence-corrected chi connectivity index (χ3v) is 4.65. The van der Waals surface area contributed by atoms with Crippen LogP contribution in [0.4, 0.5) is 5.69 Å². The second-order valence-electron chi connectivity index (χ2n) is 4.58. The van der Waals surface area contributed by atoms with Crippen LogP contribution in [0.1, 0.15) is 15.9 Å². The molecule has 0 spiro atoms. The van der Waals surface area contributed by atoms with Crippen LogP contribution >= 0.6 is 11.6 Å². The fraction of sp³-hybridized carbons (Fsp3) is 0.133. The number of sulfonamides is 1. The molecule has 22 heavy (non-hydrogen) atoms. The Labute approximate surface area is 133 Å². The van der Waals surface area contributed by atoms with Crippen molar-refractivity contribution in [1.82, 2.24) is 0 Å². The van der Waals surface area contributed by atoms with E-state index in [2.05, 4.69) is 9.46 Å². The first-order valence-corrected chi connectivity index (χ1v) is 8.17. The molecular weight excluding hydrogens is 326 g/mol. The number of anilines is 1. The topological polar surface area (TPSA) is 72.5 Å². The molecule has 0 aromatic heterocycles. The second-order valence-corrected chi connectivity index (χ2v) is 6.70. The Bertz CT molecular complexity index is 801. The fourth-order valence-electron chi connectivity index (χ4n) is 1.83. The van der Waals surface area contributed by atoms with Gasteiger partial charge in [-0.1, -0.05) is 17.7 Å². The SMILES string of the molecule is COC(=O)c1cc(S(=O)(=O)Nc2ccc(Cl)cc2)ccc1C. The number of aryl methyl sites for hydroxylation is 1. The molecule has 0 bridgehead atoms. The summed E-state index contributed by atoms with van der Waals surface area (Å²) in [5, 5.41) is 0.506. The van der Waals surface area contributed by atoms with E-state index in [4.69, 9.17) is 11.6 Å². The van der Waals surface area contributed by atoms with Gasteiger partial charge in [-0.25, -0.2) is 13.2 Å². The number of carbonyl (C=O) groups is 1. The number of hydrogen-bond acceptors (Lipinski definition) is 4. The average Bonchev–Trinajstić information content (AvgIpc) is 2.49. The summed E-state index contributed by atoms with van der Waals surface area (Å²) in [5.41, 5.74) is 1.23. The van der Waals surface area contributed by atoms with E-state index in [0.717, 1.165) is 0 Å². The van der Waals surface area contributed by atoms with Gasteiger partial charge in [-0.05, 0) is 48.9 Å². The van der Waals surface area contributed by atoms with Gasteiger partial charge in [0.25, 0.3) is 10.0 Å². The van der Waals surface area contributed by atoms with Gasteiger partial charge >= 0.3 is 5.97 Å². The number of ether oxygens (including phenoxy) is 1. The number of methoxy groups -OCH3 is 1. The average molecular weight is 340 g/mol. The van der Waals surface area contributed by atoms with Crippen molar-refractivity contribution in [2.75, 3.05) is 11.8 Å². The van der Waals surface area contributed by atoms with Gasteiger partial charge in [0.05, 0.1) is 17.6 Å². The third-order valence-electron chi connectivity index (χ3n) is 3.02. The first-order valence-electron chi connectivity index (χ1n) is 6.31. The minimum Gasteiger partial charge on any atom is -0.465 e. The van der Waals surface area contributed by atoms with Crippen molar-refractivity contribution in [2.24, 2.45) is 0 Å². The standard InChI is InChI=1S/C15H14ClNO4S/c1-10-3-8-13(9-14(10)15(18)21-2)22(19,20)17-12-6-4-11(16)5-7-12/h3-9,17H,1-2H3. The Kier molecular flexibility index (Phi) is 4.73. The van der Waals surface area contributed by atoms with Gasteiger partial charge in [-0.2, -0.15) is 0 Å². The Balaban J connectivity index is 2.37. The molecule has 0 atom stereocenters. The minimum atomic E-state index is -3.81. The molecule has 0 unspecified atom stereocenters. The number of benzene rings is 2. The van der Waals surface area contributed by atoms with Crippen molar-refractivity contribution in [3.05, 3.63) is 58.6 Å². The predicted molar refractivity (Wildman–Crippen MR) is 84.8 cm³/mol. The van der Waals surface area contributed by atoms with Crippen molar-refractivity contribution in [3.63, 3.8) is 0 Å². The molecule has 0 fully saturated rings. The highest BCUT2D eigenvalue weighted by atomic mass is 35.5. The number of hydrogen-bond donors (Lipinski definition) is 1. The zero-order valence-corrected chi connectivity index (χ0v) is 13.5. The Morgan fingerprint density at radius 3 is 2.36 bits per heavy atom. The highest BCUT2D eigenvalue weighted by molar-refractivity contribution is 7.92. The number of halogens is 1. The van der Waals surface area contributed by atoms with Crippen LogP contribution in [0.5, 0.6) is 0 Å². The molecule has 0 aliphatic rings. The predicted octanol–water partition coefficient (Wildman–Crippen LogP) is 3.24. The third kappa shape index (κ3) is 3.58. The second kappa shape index (κ2) is 6.37. The van der Waals surface area contributed by atoms with Gasteiger partial charge in [0.15, 0.2) is 0 Å². The fourth-order valence-corrected chi connectivity index (χ4v) is 3.04. The molecule has 2 aromatic rings. The molecule has 1 N–H and O–H groups in total. The molecule has 0 heterocycles. The highest BCUT2D eigenvalue weighted by Gasteiger charge is 2.18. The smallest absolute Gasteiger partial charge is 0.338 e. The quantitative estimate of drug-likeness (QED) is 0.868. The van der Waals surface area contributed by atoms with E-state index in [1.165, 1.54) is 19.2 Å². The summed E-state index contributed by atoms with van der Waals surface area (Å²) in [5.74, 6) is -0.582. The lowest BCUT2D eigenvalue weighted by molar-refractivity contribution is 0.0599. The number of esters is 1. The summed E-state index contributed by atoms with van der Waals surface area (Å²) in [6.45, 7) is 1.70. The number of carbonyl (C=O) groups excluding carboxylic acids is 1. The summed E-state index contributed by atoms with van der Waals surface area (Å²) < 4.78 is 31.8. The van der Waals surface area contributed by atoms with Crippen LogP contribution in [0.3, 0.4) is 0 Å². The van der Waals surface area contributed by atoms with Crippen molar-refractivity contribution in [1.29, 1.82) is 0 Å². The molecule has 2 rings (SSSR count). The van der Waals surface area contributed by atoms with Crippen LogP contribution in [0.2, 0.25) is 5.02 Å². The molecule has 5 nitrogen and oxygen atoms in total. The van der Waals surface area contributed by atoms with E-state index >= 15 is 0 Å². The van der Waals surface area contributed by atoms with E-state index in [9.17, 15) is 13.2 Å². The summed E-state index contributed by atoms with van der Waals surface area (Å²) in [4.78, 5) is 11.6. The van der Waals surface area contributed by atoms with Crippen molar-refractivity contribution < 1.29 is 17.9 Å². The summed E-state index contributed by atoms with van der Waals surface area (Å²) in [6.07, 6.45) is 0. The van der Waals surface area contributed by atoms with Gasteiger partial charge in [0, 0.05) is 10.7 Å². The highest BCUT2D eigenvalue weighted by Crippen LogP contribution is 2.21. The van der Waals surface area contributed by atoms with E-state index in [1.54, 1.807) is 37.3 Å². The lowest BCUT2D eigenvalue weighted by atomic mass is 10.1. The van der Waals surface area contributed by atoms with Gasteiger partial charge in [-0.3, -0.25) is 4.72 Å². The van der Waals surface area contributed by atoms with Crippen LogP contribution in [0, 0.1) is 6.92 Å². The molecule has 0 saturated carbocycles. The summed E-state index contributed by atoms with van der Waals surface area (Å²) in [7, 11) is -2.56. The van der Waals surface area contributed by atoms with E-state index in [1.807, 2.05) is 0 Å². The van der Waals surface area contributed by atoms with Crippen LogP contribution in [-0.4, -0.2) is 21.5 Å². The van der Waals surface area contributed by atoms with E-state index < -0.39 is 16.0 Å². The molecular formula is C15H14ClNO4S. The molecule has 0 radical (unpaired) electrons. The normalized spacial score (nSPS) is 11.0. The molecule has 7 heteroatoms. The molecule has 2 aromatic carbocycles. The largest absolute Gasteiger partial charge is 0.465 e. The Morgan fingerprint density at radius 1 is 1.14 bits per heavy atom. The monoisotopic (exact) mass is 339 g/mol. The summed E-state index contributed by atoms with van der Waals surface area (Å²) >= 11 is 5.76. The summed E-state index contributed by atoms with van der Waals surface area (Å²) in [6, 6.07) is 10.5. The van der Waals surface area contributed by atoms with Crippen LogP contribution < -0.4 is 4.72 Å². The molecule has 0 aliphatic heterocycles. The zero-order valence-electron chi connectivity index (χ0n) is 12.0. The Hall–Kier alpha value is -2.05.